The summed E-state index contributed by atoms with van der Waals surface area (Å²) in [7, 11) is 1.25. The van der Waals surface area contributed by atoms with Crippen LogP contribution in [0.15, 0.2) is 29.6 Å². The fraction of sp³-hybridized carbons (Fsp3) is 0.353. The van der Waals surface area contributed by atoms with Crippen LogP contribution in [-0.4, -0.2) is 34.9 Å². The predicted molar refractivity (Wildman–Crippen MR) is 89.9 cm³/mol. The molecule has 1 amide bonds. The second-order valence-electron chi connectivity index (χ2n) is 5.72. The molecular formula is C17H17F3N2O3S. The van der Waals surface area contributed by atoms with E-state index in [1.54, 1.807) is 13.8 Å². The topological polar surface area (TPSA) is 59.5 Å². The number of esters is 1. The van der Waals surface area contributed by atoms with Crippen molar-refractivity contribution < 1.29 is 27.5 Å². The Hall–Kier alpha value is -2.42. The molecule has 0 atom stereocenters. The third kappa shape index (κ3) is 4.60. The molecule has 0 unspecified atom stereocenters. The zero-order valence-electron chi connectivity index (χ0n) is 14.3. The SMILES string of the molecule is COC(=O)c1csc(CN(C(=O)c2ccc(C(F)(F)F)cc2)C(C)C)n1. The fourth-order valence-corrected chi connectivity index (χ4v) is 2.95. The van der Waals surface area contributed by atoms with Crippen LogP contribution in [0.3, 0.4) is 0 Å². The van der Waals surface area contributed by atoms with Gasteiger partial charge in [-0.05, 0) is 38.1 Å². The number of halogens is 3. The second-order valence-corrected chi connectivity index (χ2v) is 6.66. The average Bonchev–Trinajstić information content (AvgIpc) is 3.06. The molecule has 0 N–H and O–H groups in total. The predicted octanol–water partition coefficient (Wildman–Crippen LogP) is 4.00. The first-order valence-corrected chi connectivity index (χ1v) is 8.52. The molecule has 1 aromatic carbocycles. The van der Waals surface area contributed by atoms with E-state index in [1.165, 1.54) is 28.7 Å². The fourth-order valence-electron chi connectivity index (χ4n) is 2.18. The molecule has 2 rings (SSSR count). The van der Waals surface area contributed by atoms with Crippen molar-refractivity contribution >= 4 is 23.2 Å². The van der Waals surface area contributed by atoms with Crippen molar-refractivity contribution in [2.24, 2.45) is 0 Å². The highest BCUT2D eigenvalue weighted by atomic mass is 32.1. The Morgan fingerprint density at radius 1 is 1.23 bits per heavy atom. The molecule has 2 aromatic rings. The van der Waals surface area contributed by atoms with Crippen LogP contribution in [0.5, 0.6) is 0 Å². The highest BCUT2D eigenvalue weighted by Crippen LogP contribution is 2.29. The number of benzene rings is 1. The van der Waals surface area contributed by atoms with Gasteiger partial charge >= 0.3 is 12.1 Å². The molecule has 0 aliphatic heterocycles. The first-order chi connectivity index (χ1) is 12.1. The summed E-state index contributed by atoms with van der Waals surface area (Å²) < 4.78 is 42.5. The highest BCUT2D eigenvalue weighted by molar-refractivity contribution is 7.09. The van der Waals surface area contributed by atoms with E-state index in [9.17, 15) is 22.8 Å². The Labute approximate surface area is 152 Å². The smallest absolute Gasteiger partial charge is 0.416 e. The molecule has 0 bridgehead atoms. The van der Waals surface area contributed by atoms with Gasteiger partial charge in [0.25, 0.3) is 5.91 Å². The van der Waals surface area contributed by atoms with Gasteiger partial charge in [-0.25, -0.2) is 9.78 Å². The molecule has 0 spiro atoms. The molecule has 0 radical (unpaired) electrons. The largest absolute Gasteiger partial charge is 0.464 e. The van der Waals surface area contributed by atoms with Gasteiger partial charge in [-0.2, -0.15) is 13.2 Å². The zero-order valence-corrected chi connectivity index (χ0v) is 15.1. The third-order valence-corrected chi connectivity index (χ3v) is 4.43. The first kappa shape index (κ1) is 19.9. The number of hydrogen-bond donors (Lipinski definition) is 0. The molecule has 140 valence electrons. The molecule has 1 aromatic heterocycles. The molecule has 1 heterocycles. The summed E-state index contributed by atoms with van der Waals surface area (Å²) in [5, 5.41) is 2.06. The number of methoxy groups -OCH3 is 1. The Bertz CT molecular complexity index is 785. The van der Waals surface area contributed by atoms with Crippen LogP contribution in [0, 0.1) is 0 Å². The number of hydrogen-bond acceptors (Lipinski definition) is 5. The van der Waals surface area contributed by atoms with E-state index in [-0.39, 0.29) is 23.8 Å². The summed E-state index contributed by atoms with van der Waals surface area (Å²) in [5.41, 5.74) is -0.512. The van der Waals surface area contributed by atoms with Crippen LogP contribution >= 0.6 is 11.3 Å². The lowest BCUT2D eigenvalue weighted by Crippen LogP contribution is -2.36. The van der Waals surface area contributed by atoms with Crippen LogP contribution in [0.25, 0.3) is 0 Å². The monoisotopic (exact) mass is 386 g/mol. The molecule has 0 aliphatic rings. The van der Waals surface area contributed by atoms with Crippen molar-refractivity contribution in [3.05, 3.63) is 51.5 Å². The number of thiazole rings is 1. The van der Waals surface area contributed by atoms with E-state index < -0.39 is 23.6 Å². The van der Waals surface area contributed by atoms with Gasteiger partial charge in [-0.15, -0.1) is 11.3 Å². The van der Waals surface area contributed by atoms with Gasteiger partial charge < -0.3 is 9.64 Å². The summed E-state index contributed by atoms with van der Waals surface area (Å²) in [5.74, 6) is -0.985. The van der Waals surface area contributed by atoms with Gasteiger partial charge in [0, 0.05) is 17.0 Å². The summed E-state index contributed by atoms with van der Waals surface area (Å²) in [6, 6.07) is 3.86. The number of alkyl halides is 3. The Kier molecular flexibility index (Phi) is 6.01. The maximum absolute atomic E-state index is 12.7. The standard InChI is InChI=1S/C17H17F3N2O3S/c1-10(2)22(8-14-21-13(9-26-14)16(24)25-3)15(23)11-4-6-12(7-5-11)17(18,19)20/h4-7,9-10H,8H2,1-3H3. The molecule has 0 saturated heterocycles. The lowest BCUT2D eigenvalue weighted by Gasteiger charge is -2.26. The first-order valence-electron chi connectivity index (χ1n) is 7.64. The van der Waals surface area contributed by atoms with Gasteiger partial charge in [-0.1, -0.05) is 0 Å². The van der Waals surface area contributed by atoms with Gasteiger partial charge in [0.15, 0.2) is 5.69 Å². The minimum Gasteiger partial charge on any atom is -0.464 e. The molecule has 9 heteroatoms. The number of carbonyl (C=O) groups is 2. The van der Waals surface area contributed by atoms with Gasteiger partial charge in [0.2, 0.25) is 0 Å². The van der Waals surface area contributed by atoms with Crippen LogP contribution in [0.1, 0.15) is 45.3 Å². The molecule has 0 saturated carbocycles. The van der Waals surface area contributed by atoms with E-state index in [0.29, 0.717) is 5.01 Å². The average molecular weight is 386 g/mol. The second kappa shape index (κ2) is 7.86. The van der Waals surface area contributed by atoms with E-state index in [0.717, 1.165) is 24.3 Å². The van der Waals surface area contributed by atoms with E-state index in [1.807, 2.05) is 0 Å². The number of carbonyl (C=O) groups excluding carboxylic acids is 2. The van der Waals surface area contributed by atoms with Crippen molar-refractivity contribution in [2.45, 2.75) is 32.6 Å². The number of nitrogens with zero attached hydrogens (tertiary/aromatic N) is 2. The van der Waals surface area contributed by atoms with Crippen molar-refractivity contribution in [2.75, 3.05) is 7.11 Å². The van der Waals surface area contributed by atoms with Crippen molar-refractivity contribution in [1.29, 1.82) is 0 Å². The van der Waals surface area contributed by atoms with Crippen LogP contribution in [0.2, 0.25) is 0 Å². The summed E-state index contributed by atoms with van der Waals surface area (Å²) in [4.78, 5) is 29.7. The number of aromatic nitrogens is 1. The van der Waals surface area contributed by atoms with Crippen LogP contribution in [0.4, 0.5) is 13.2 Å². The number of amides is 1. The van der Waals surface area contributed by atoms with Crippen molar-refractivity contribution in [3.8, 4) is 0 Å². The number of rotatable bonds is 5. The summed E-state index contributed by atoms with van der Waals surface area (Å²) >= 11 is 1.20. The van der Waals surface area contributed by atoms with E-state index in [4.69, 9.17) is 0 Å². The van der Waals surface area contributed by atoms with E-state index in [2.05, 4.69) is 9.72 Å². The van der Waals surface area contributed by atoms with E-state index >= 15 is 0 Å². The van der Waals surface area contributed by atoms with Gasteiger partial charge in [0.05, 0.1) is 19.2 Å². The maximum atomic E-state index is 12.7. The van der Waals surface area contributed by atoms with Crippen LogP contribution < -0.4 is 0 Å². The third-order valence-electron chi connectivity index (χ3n) is 3.60. The Morgan fingerprint density at radius 3 is 2.35 bits per heavy atom. The Morgan fingerprint density at radius 2 is 1.85 bits per heavy atom. The Balaban J connectivity index is 2.20. The molecule has 26 heavy (non-hydrogen) atoms. The molecule has 5 nitrogen and oxygen atoms in total. The molecular weight excluding hydrogens is 369 g/mol. The van der Waals surface area contributed by atoms with Gasteiger partial charge in [-0.3, -0.25) is 4.79 Å². The number of ether oxygens (including phenoxy) is 1. The van der Waals surface area contributed by atoms with Crippen LogP contribution in [-0.2, 0) is 17.5 Å². The quantitative estimate of drug-likeness (QED) is 0.729. The van der Waals surface area contributed by atoms with Gasteiger partial charge in [0.1, 0.15) is 5.01 Å². The molecule has 0 fully saturated rings. The molecule has 0 aliphatic carbocycles. The minimum atomic E-state index is -4.45. The maximum Gasteiger partial charge on any atom is 0.416 e. The summed E-state index contributed by atoms with van der Waals surface area (Å²) in [6.07, 6.45) is -4.45. The normalized spacial score (nSPS) is 11.5. The lowest BCUT2D eigenvalue weighted by atomic mass is 10.1. The summed E-state index contributed by atoms with van der Waals surface area (Å²) in [6.45, 7) is 3.72. The lowest BCUT2D eigenvalue weighted by molar-refractivity contribution is -0.137. The van der Waals surface area contributed by atoms with Crippen molar-refractivity contribution in [1.82, 2.24) is 9.88 Å². The highest BCUT2D eigenvalue weighted by Gasteiger charge is 2.30. The minimum absolute atomic E-state index is 0.138. The van der Waals surface area contributed by atoms with Crippen molar-refractivity contribution in [3.63, 3.8) is 0 Å². The zero-order chi connectivity index (χ0) is 19.5.